The third-order valence-electron chi connectivity index (χ3n) is 4.53. The van der Waals surface area contributed by atoms with Crippen molar-refractivity contribution < 1.29 is 9.21 Å². The summed E-state index contributed by atoms with van der Waals surface area (Å²) in [5, 5.41) is 7.41. The average Bonchev–Trinajstić information content (AvgIpc) is 3.23. The van der Waals surface area contributed by atoms with Crippen LogP contribution in [0.15, 0.2) is 70.4 Å². The second-order valence-electron chi connectivity index (χ2n) is 6.60. The predicted octanol–water partition coefficient (Wildman–Crippen LogP) is 3.17. The highest BCUT2D eigenvalue weighted by Crippen LogP contribution is 2.17. The number of carbonyl (C=O) groups is 1. The van der Waals surface area contributed by atoms with Crippen molar-refractivity contribution in [3.05, 3.63) is 88.3 Å². The topological polar surface area (TPSA) is 90.0 Å². The molecule has 1 atom stereocenters. The zero-order chi connectivity index (χ0) is 19.7. The first-order chi connectivity index (χ1) is 13.5. The summed E-state index contributed by atoms with van der Waals surface area (Å²) in [4.78, 5) is 28.8. The average molecular weight is 374 g/mol. The fourth-order valence-electron chi connectivity index (χ4n) is 2.99. The monoisotopic (exact) mass is 374 g/mol. The highest BCUT2D eigenvalue weighted by Gasteiger charge is 2.16. The highest BCUT2D eigenvalue weighted by molar-refractivity contribution is 5.93. The zero-order valence-electron chi connectivity index (χ0n) is 15.4. The van der Waals surface area contributed by atoms with E-state index < -0.39 is 5.91 Å². The van der Waals surface area contributed by atoms with E-state index in [9.17, 15) is 9.59 Å². The number of hydrogen-bond donors (Lipinski definition) is 1. The number of hydrogen-bond acceptors (Lipinski definition) is 5. The molecule has 28 heavy (non-hydrogen) atoms. The molecule has 0 aliphatic rings. The van der Waals surface area contributed by atoms with Crippen LogP contribution in [0.1, 0.15) is 34.6 Å². The summed E-state index contributed by atoms with van der Waals surface area (Å²) in [6.45, 7) is 3.76. The van der Waals surface area contributed by atoms with Crippen molar-refractivity contribution in [1.82, 2.24) is 20.1 Å². The molecular weight excluding hydrogens is 356 g/mol. The Morgan fingerprint density at radius 3 is 2.64 bits per heavy atom. The third kappa shape index (κ3) is 3.42. The maximum absolute atomic E-state index is 12.6. The molecular formula is C21H18N4O3. The number of nitrogens with zero attached hydrogens (tertiary/aromatic N) is 3. The minimum Gasteiger partial charge on any atom is -0.451 e. The van der Waals surface area contributed by atoms with E-state index in [2.05, 4.69) is 15.4 Å². The van der Waals surface area contributed by atoms with Gasteiger partial charge in [0.05, 0.1) is 17.1 Å². The number of carbonyl (C=O) groups excluding carboxylic acids is 1. The van der Waals surface area contributed by atoms with Gasteiger partial charge in [-0.05, 0) is 43.7 Å². The van der Waals surface area contributed by atoms with Gasteiger partial charge in [0.1, 0.15) is 18.2 Å². The number of aromatic nitrogens is 3. The van der Waals surface area contributed by atoms with Gasteiger partial charge in [0.2, 0.25) is 0 Å². The van der Waals surface area contributed by atoms with Crippen LogP contribution in [0, 0.1) is 6.92 Å². The van der Waals surface area contributed by atoms with Crippen LogP contribution in [-0.4, -0.2) is 20.7 Å². The first-order valence-corrected chi connectivity index (χ1v) is 8.81. The largest absolute Gasteiger partial charge is 0.451 e. The molecule has 0 spiro atoms. The molecule has 7 nitrogen and oxygen atoms in total. The van der Waals surface area contributed by atoms with E-state index >= 15 is 0 Å². The Morgan fingerprint density at radius 2 is 1.93 bits per heavy atom. The number of aryl methyl sites for hydroxylation is 1. The van der Waals surface area contributed by atoms with Crippen LogP contribution in [-0.2, 0) is 0 Å². The van der Waals surface area contributed by atoms with Gasteiger partial charge in [-0.15, -0.1) is 0 Å². The van der Waals surface area contributed by atoms with Crippen LogP contribution < -0.4 is 10.7 Å². The molecule has 7 heteroatoms. The molecule has 4 aromatic rings. The molecule has 1 amide bonds. The lowest BCUT2D eigenvalue weighted by Gasteiger charge is -2.14. The lowest BCUT2D eigenvalue weighted by molar-refractivity contribution is 0.0912. The van der Waals surface area contributed by atoms with E-state index in [4.69, 9.17) is 4.42 Å². The molecule has 140 valence electrons. The number of fused-ring (bicyclic) bond motifs is 1. The molecule has 2 aromatic heterocycles. The molecule has 2 aromatic carbocycles. The minimum absolute atomic E-state index is 0.00700. The van der Waals surface area contributed by atoms with Crippen LogP contribution >= 0.6 is 0 Å². The molecule has 0 aliphatic carbocycles. The summed E-state index contributed by atoms with van der Waals surface area (Å²) in [5.41, 5.74) is 2.90. The summed E-state index contributed by atoms with van der Waals surface area (Å²) < 4.78 is 7.28. The maximum atomic E-state index is 12.6. The van der Waals surface area contributed by atoms with Gasteiger partial charge in [0, 0.05) is 6.07 Å². The molecule has 0 fully saturated rings. The highest BCUT2D eigenvalue weighted by atomic mass is 16.3. The normalized spacial score (nSPS) is 12.1. The van der Waals surface area contributed by atoms with E-state index in [1.54, 1.807) is 23.1 Å². The molecule has 0 aliphatic heterocycles. The Hall–Kier alpha value is -3.74. The summed E-state index contributed by atoms with van der Waals surface area (Å²) in [6.07, 6.45) is 3.08. The van der Waals surface area contributed by atoms with Crippen LogP contribution in [0.3, 0.4) is 0 Å². The summed E-state index contributed by atoms with van der Waals surface area (Å²) in [5.74, 6) is -0.445. The molecule has 2 heterocycles. The van der Waals surface area contributed by atoms with Crippen LogP contribution in [0.25, 0.3) is 16.7 Å². The minimum atomic E-state index is -0.438. The van der Waals surface area contributed by atoms with Crippen molar-refractivity contribution in [3.8, 4) is 5.69 Å². The molecule has 0 radical (unpaired) electrons. The number of benzene rings is 2. The van der Waals surface area contributed by atoms with Crippen molar-refractivity contribution >= 4 is 16.9 Å². The van der Waals surface area contributed by atoms with E-state index in [-0.39, 0.29) is 17.2 Å². The fourth-order valence-corrected chi connectivity index (χ4v) is 2.99. The Labute approximate surface area is 160 Å². The SMILES string of the molecule is Cc1ccc2oc(C(=O)N[C@H](C)c3ccc(-n4cncn4)cc3)cc(=O)c2c1. The van der Waals surface area contributed by atoms with E-state index in [1.807, 2.05) is 44.2 Å². The smallest absolute Gasteiger partial charge is 0.287 e. The molecule has 0 bridgehead atoms. The fraction of sp³-hybridized carbons (Fsp3) is 0.143. The molecule has 1 N–H and O–H groups in total. The quantitative estimate of drug-likeness (QED) is 0.592. The first kappa shape index (κ1) is 17.7. The van der Waals surface area contributed by atoms with Gasteiger partial charge >= 0.3 is 0 Å². The van der Waals surface area contributed by atoms with Crippen LogP contribution in [0.5, 0.6) is 0 Å². The Kier molecular flexibility index (Phi) is 4.49. The first-order valence-electron chi connectivity index (χ1n) is 8.81. The summed E-state index contributed by atoms with van der Waals surface area (Å²) in [7, 11) is 0. The van der Waals surface area contributed by atoms with E-state index in [0.717, 1.165) is 16.8 Å². The molecule has 4 rings (SSSR count). The second-order valence-corrected chi connectivity index (χ2v) is 6.60. The number of amides is 1. The van der Waals surface area contributed by atoms with E-state index in [0.29, 0.717) is 11.0 Å². The van der Waals surface area contributed by atoms with Crippen molar-refractivity contribution in [2.75, 3.05) is 0 Å². The standard InChI is InChI=1S/C21H18N4O3/c1-13-3-8-19-17(9-13)18(26)10-20(28-19)21(27)24-14(2)15-4-6-16(7-5-15)25-12-22-11-23-25/h3-12,14H,1-2H3,(H,24,27)/t14-/m1/s1. The molecule has 0 unspecified atom stereocenters. The van der Waals surface area contributed by atoms with Gasteiger partial charge in [-0.2, -0.15) is 5.10 Å². The Morgan fingerprint density at radius 1 is 1.14 bits per heavy atom. The maximum Gasteiger partial charge on any atom is 0.287 e. The lowest BCUT2D eigenvalue weighted by Crippen LogP contribution is -2.27. The summed E-state index contributed by atoms with van der Waals surface area (Å²) >= 11 is 0. The van der Waals surface area contributed by atoms with Crippen molar-refractivity contribution in [2.24, 2.45) is 0 Å². The third-order valence-corrected chi connectivity index (χ3v) is 4.53. The van der Waals surface area contributed by atoms with Gasteiger partial charge < -0.3 is 9.73 Å². The lowest BCUT2D eigenvalue weighted by atomic mass is 10.1. The predicted molar refractivity (Wildman–Crippen MR) is 104 cm³/mol. The second kappa shape index (κ2) is 7.11. The summed E-state index contributed by atoms with van der Waals surface area (Å²) in [6, 6.07) is 13.9. The van der Waals surface area contributed by atoms with Gasteiger partial charge in [-0.25, -0.2) is 9.67 Å². The van der Waals surface area contributed by atoms with Crippen molar-refractivity contribution in [1.29, 1.82) is 0 Å². The number of rotatable bonds is 4. The van der Waals surface area contributed by atoms with Gasteiger partial charge in [0.25, 0.3) is 5.91 Å². The Balaban J connectivity index is 1.54. The van der Waals surface area contributed by atoms with Gasteiger partial charge in [-0.3, -0.25) is 9.59 Å². The van der Waals surface area contributed by atoms with Crippen LogP contribution in [0.2, 0.25) is 0 Å². The zero-order valence-corrected chi connectivity index (χ0v) is 15.4. The van der Waals surface area contributed by atoms with Gasteiger partial charge in [-0.1, -0.05) is 23.8 Å². The van der Waals surface area contributed by atoms with Crippen LogP contribution in [0.4, 0.5) is 0 Å². The van der Waals surface area contributed by atoms with Gasteiger partial charge in [0.15, 0.2) is 11.2 Å². The molecule has 0 saturated heterocycles. The van der Waals surface area contributed by atoms with Crippen molar-refractivity contribution in [2.45, 2.75) is 19.9 Å². The Bertz CT molecular complexity index is 1190. The molecule has 0 saturated carbocycles. The number of nitrogens with one attached hydrogen (secondary N) is 1. The van der Waals surface area contributed by atoms with E-state index in [1.165, 1.54) is 12.4 Å². The van der Waals surface area contributed by atoms with Crippen molar-refractivity contribution in [3.63, 3.8) is 0 Å².